The highest BCUT2D eigenvalue weighted by molar-refractivity contribution is 5.55. The monoisotopic (exact) mass is 246 g/mol. The van der Waals surface area contributed by atoms with Crippen LogP contribution in [0.15, 0.2) is 18.2 Å². The van der Waals surface area contributed by atoms with Crippen LogP contribution < -0.4 is 10.2 Å². The normalized spacial score (nSPS) is 22.8. The zero-order valence-corrected chi connectivity index (χ0v) is 12.4. The Morgan fingerprint density at radius 1 is 1.28 bits per heavy atom. The number of benzene rings is 1. The standard InChI is InChI=1S/C16H26N2/c1-12-6-7-13(2)15(10-12)18(5)14-8-9-17-16(3,4)11-14/h6-7,10,14,17H,8-9,11H2,1-5H3. The molecule has 0 radical (unpaired) electrons. The maximum absolute atomic E-state index is 3.59. The number of hydrogen-bond acceptors (Lipinski definition) is 2. The largest absolute Gasteiger partial charge is 0.371 e. The Morgan fingerprint density at radius 2 is 2.00 bits per heavy atom. The van der Waals surface area contributed by atoms with Crippen LogP contribution in [0.25, 0.3) is 0 Å². The summed E-state index contributed by atoms with van der Waals surface area (Å²) in [6, 6.07) is 7.37. The number of aryl methyl sites for hydroxylation is 2. The summed E-state index contributed by atoms with van der Waals surface area (Å²) in [6.07, 6.45) is 2.43. The summed E-state index contributed by atoms with van der Waals surface area (Å²) < 4.78 is 0. The van der Waals surface area contributed by atoms with Crippen molar-refractivity contribution in [1.29, 1.82) is 0 Å². The Bertz CT molecular complexity index is 423. The van der Waals surface area contributed by atoms with E-state index >= 15 is 0 Å². The predicted molar refractivity (Wildman–Crippen MR) is 79.4 cm³/mol. The van der Waals surface area contributed by atoms with Crippen molar-refractivity contribution in [2.75, 3.05) is 18.5 Å². The van der Waals surface area contributed by atoms with Gasteiger partial charge in [-0.25, -0.2) is 0 Å². The van der Waals surface area contributed by atoms with Gasteiger partial charge >= 0.3 is 0 Å². The summed E-state index contributed by atoms with van der Waals surface area (Å²) in [4.78, 5) is 2.48. The van der Waals surface area contributed by atoms with Gasteiger partial charge in [0.1, 0.15) is 0 Å². The first-order chi connectivity index (χ1) is 8.39. The van der Waals surface area contributed by atoms with Gasteiger partial charge in [-0.1, -0.05) is 12.1 Å². The molecule has 1 unspecified atom stereocenters. The maximum Gasteiger partial charge on any atom is 0.0398 e. The van der Waals surface area contributed by atoms with Gasteiger partial charge in [-0.2, -0.15) is 0 Å². The molecule has 0 aromatic heterocycles. The molecule has 1 atom stereocenters. The van der Waals surface area contributed by atoms with E-state index in [0.717, 1.165) is 6.54 Å². The summed E-state index contributed by atoms with van der Waals surface area (Å²) in [7, 11) is 2.24. The SMILES string of the molecule is Cc1ccc(C)c(N(C)C2CCNC(C)(C)C2)c1. The smallest absolute Gasteiger partial charge is 0.0398 e. The van der Waals surface area contributed by atoms with Crippen LogP contribution in [0.3, 0.4) is 0 Å². The lowest BCUT2D eigenvalue weighted by Crippen LogP contribution is -2.52. The molecule has 1 aliphatic rings. The molecule has 0 spiro atoms. The van der Waals surface area contributed by atoms with Crippen molar-refractivity contribution in [3.05, 3.63) is 29.3 Å². The van der Waals surface area contributed by atoms with E-state index in [1.807, 2.05) is 0 Å². The van der Waals surface area contributed by atoms with Gasteiger partial charge in [0.25, 0.3) is 0 Å². The maximum atomic E-state index is 3.59. The molecule has 2 heteroatoms. The number of piperidine rings is 1. The van der Waals surface area contributed by atoms with Crippen LogP contribution >= 0.6 is 0 Å². The van der Waals surface area contributed by atoms with E-state index in [-0.39, 0.29) is 5.54 Å². The Labute approximate surface area is 111 Å². The Morgan fingerprint density at radius 3 is 2.67 bits per heavy atom. The average molecular weight is 246 g/mol. The highest BCUT2D eigenvalue weighted by atomic mass is 15.2. The van der Waals surface area contributed by atoms with Crippen molar-refractivity contribution < 1.29 is 0 Å². The number of nitrogens with zero attached hydrogens (tertiary/aromatic N) is 1. The van der Waals surface area contributed by atoms with E-state index in [4.69, 9.17) is 0 Å². The van der Waals surface area contributed by atoms with Crippen molar-refractivity contribution in [3.8, 4) is 0 Å². The Kier molecular flexibility index (Phi) is 3.67. The molecular weight excluding hydrogens is 220 g/mol. The summed E-state index contributed by atoms with van der Waals surface area (Å²) >= 11 is 0. The van der Waals surface area contributed by atoms with E-state index in [2.05, 4.69) is 63.2 Å². The van der Waals surface area contributed by atoms with E-state index in [1.165, 1.54) is 29.7 Å². The number of anilines is 1. The third-order valence-corrected chi connectivity index (χ3v) is 4.12. The number of hydrogen-bond donors (Lipinski definition) is 1. The summed E-state index contributed by atoms with van der Waals surface area (Å²) in [6.45, 7) is 10.1. The van der Waals surface area contributed by atoms with Gasteiger partial charge in [0.2, 0.25) is 0 Å². The molecule has 0 saturated carbocycles. The van der Waals surface area contributed by atoms with Crippen molar-refractivity contribution in [2.45, 2.75) is 52.1 Å². The molecule has 1 aliphatic heterocycles. The van der Waals surface area contributed by atoms with Crippen LogP contribution in [0.5, 0.6) is 0 Å². The van der Waals surface area contributed by atoms with Crippen molar-refractivity contribution in [3.63, 3.8) is 0 Å². The quantitative estimate of drug-likeness (QED) is 0.861. The van der Waals surface area contributed by atoms with Crippen LogP contribution in [-0.4, -0.2) is 25.2 Å². The third kappa shape index (κ3) is 2.86. The van der Waals surface area contributed by atoms with Gasteiger partial charge < -0.3 is 10.2 Å². The molecular formula is C16H26N2. The zero-order valence-electron chi connectivity index (χ0n) is 12.4. The first-order valence-corrected chi connectivity index (χ1v) is 6.94. The molecule has 1 aromatic rings. The molecule has 1 saturated heterocycles. The number of rotatable bonds is 2. The highest BCUT2D eigenvalue weighted by Gasteiger charge is 2.30. The fraction of sp³-hybridized carbons (Fsp3) is 0.625. The third-order valence-electron chi connectivity index (χ3n) is 4.12. The van der Waals surface area contributed by atoms with E-state index < -0.39 is 0 Å². The molecule has 1 N–H and O–H groups in total. The first kappa shape index (κ1) is 13.4. The molecule has 0 bridgehead atoms. The summed E-state index contributed by atoms with van der Waals surface area (Å²) in [5.74, 6) is 0. The molecule has 1 heterocycles. The lowest BCUT2D eigenvalue weighted by atomic mass is 9.88. The molecule has 18 heavy (non-hydrogen) atoms. The molecule has 0 aliphatic carbocycles. The van der Waals surface area contributed by atoms with Gasteiger partial charge in [-0.05, 0) is 64.3 Å². The second kappa shape index (κ2) is 4.93. The van der Waals surface area contributed by atoms with Crippen molar-refractivity contribution in [2.24, 2.45) is 0 Å². The van der Waals surface area contributed by atoms with E-state index in [0.29, 0.717) is 6.04 Å². The molecule has 1 aromatic carbocycles. The lowest BCUT2D eigenvalue weighted by Gasteiger charge is -2.42. The second-order valence-corrected chi connectivity index (χ2v) is 6.36. The molecule has 1 fully saturated rings. The molecule has 100 valence electrons. The molecule has 0 amide bonds. The van der Waals surface area contributed by atoms with Crippen LogP contribution in [0.4, 0.5) is 5.69 Å². The van der Waals surface area contributed by atoms with Crippen molar-refractivity contribution in [1.82, 2.24) is 5.32 Å². The van der Waals surface area contributed by atoms with E-state index in [1.54, 1.807) is 0 Å². The van der Waals surface area contributed by atoms with Gasteiger partial charge in [0.05, 0.1) is 0 Å². The highest BCUT2D eigenvalue weighted by Crippen LogP contribution is 2.28. The minimum Gasteiger partial charge on any atom is -0.371 e. The van der Waals surface area contributed by atoms with E-state index in [9.17, 15) is 0 Å². The summed E-state index contributed by atoms with van der Waals surface area (Å²) in [5.41, 5.74) is 4.36. The lowest BCUT2D eigenvalue weighted by molar-refractivity contribution is 0.271. The fourth-order valence-corrected chi connectivity index (χ4v) is 2.97. The Hall–Kier alpha value is -1.02. The Balaban J connectivity index is 2.20. The van der Waals surface area contributed by atoms with Gasteiger partial charge in [0.15, 0.2) is 0 Å². The van der Waals surface area contributed by atoms with Crippen molar-refractivity contribution >= 4 is 5.69 Å². The van der Waals surface area contributed by atoms with Crippen LogP contribution in [-0.2, 0) is 0 Å². The summed E-state index contributed by atoms with van der Waals surface area (Å²) in [5, 5.41) is 3.59. The van der Waals surface area contributed by atoms with Gasteiger partial charge in [-0.3, -0.25) is 0 Å². The predicted octanol–water partition coefficient (Wildman–Crippen LogP) is 3.27. The molecule has 2 nitrogen and oxygen atoms in total. The second-order valence-electron chi connectivity index (χ2n) is 6.36. The minimum atomic E-state index is 0.259. The number of nitrogens with one attached hydrogen (secondary N) is 1. The first-order valence-electron chi connectivity index (χ1n) is 6.94. The van der Waals surface area contributed by atoms with Gasteiger partial charge in [0, 0.05) is 24.3 Å². The topological polar surface area (TPSA) is 15.3 Å². The van der Waals surface area contributed by atoms with Crippen LogP contribution in [0.2, 0.25) is 0 Å². The minimum absolute atomic E-state index is 0.259. The van der Waals surface area contributed by atoms with Crippen LogP contribution in [0.1, 0.15) is 37.8 Å². The van der Waals surface area contributed by atoms with Gasteiger partial charge in [-0.15, -0.1) is 0 Å². The fourth-order valence-electron chi connectivity index (χ4n) is 2.97. The zero-order chi connectivity index (χ0) is 13.3. The van der Waals surface area contributed by atoms with Crippen LogP contribution in [0, 0.1) is 13.8 Å². The average Bonchev–Trinajstić information content (AvgIpc) is 2.30. The molecule has 2 rings (SSSR count).